The molecule has 2 aliphatic rings. The second-order valence-electron chi connectivity index (χ2n) is 10.9. The van der Waals surface area contributed by atoms with Gasteiger partial charge in [0.15, 0.2) is 0 Å². The first-order chi connectivity index (χ1) is 19.4. The molecule has 1 aromatic heterocycles. The first-order valence-electron chi connectivity index (χ1n) is 14.5. The maximum absolute atomic E-state index is 13.1. The van der Waals surface area contributed by atoms with Gasteiger partial charge in [0.05, 0.1) is 24.3 Å². The fourth-order valence-electron chi connectivity index (χ4n) is 5.88. The number of amides is 1. The lowest BCUT2D eigenvalue weighted by molar-refractivity contribution is -0.151. The monoisotopic (exact) mass is 579 g/mol. The quantitative estimate of drug-likeness (QED) is 0.373. The highest BCUT2D eigenvalue weighted by atomic mass is 32.1. The van der Waals surface area contributed by atoms with E-state index in [9.17, 15) is 14.4 Å². The van der Waals surface area contributed by atoms with E-state index in [-0.39, 0.29) is 43.0 Å². The maximum atomic E-state index is 13.1. The number of anilines is 1. The summed E-state index contributed by atoms with van der Waals surface area (Å²) in [5, 5.41) is 4.37. The van der Waals surface area contributed by atoms with E-state index in [1.807, 2.05) is 61.2 Å². The largest absolute Gasteiger partial charge is 0.466 e. The lowest BCUT2D eigenvalue weighted by Crippen LogP contribution is -2.44. The van der Waals surface area contributed by atoms with Crippen molar-refractivity contribution in [3.8, 4) is 5.69 Å². The van der Waals surface area contributed by atoms with E-state index in [4.69, 9.17) is 4.74 Å². The summed E-state index contributed by atoms with van der Waals surface area (Å²) < 4.78 is 8.26. The molecule has 9 nitrogen and oxygen atoms in total. The Balaban J connectivity index is 0.00000387. The van der Waals surface area contributed by atoms with Gasteiger partial charge >= 0.3 is 11.7 Å². The second kappa shape index (κ2) is 13.9. The first-order valence-corrected chi connectivity index (χ1v) is 14.5. The van der Waals surface area contributed by atoms with Crippen molar-refractivity contribution >= 4 is 31.1 Å². The third kappa shape index (κ3) is 7.04. The third-order valence-corrected chi connectivity index (χ3v) is 8.31. The molecule has 2 fully saturated rings. The maximum Gasteiger partial charge on any atom is 0.350 e. The molecule has 2 aromatic carbocycles. The normalized spacial score (nSPS) is 18.4. The summed E-state index contributed by atoms with van der Waals surface area (Å²) in [6, 6.07) is 17.7. The number of carbonyl (C=O) groups excluding carboxylic acids is 2. The summed E-state index contributed by atoms with van der Waals surface area (Å²) in [7, 11) is 0. The number of benzene rings is 2. The van der Waals surface area contributed by atoms with E-state index in [0.717, 1.165) is 62.3 Å². The zero-order chi connectivity index (χ0) is 28.1. The highest BCUT2D eigenvalue weighted by molar-refractivity contribution is 7.59. The minimum Gasteiger partial charge on any atom is -0.466 e. The highest BCUT2D eigenvalue weighted by Crippen LogP contribution is 2.28. The number of carbonyl (C=O) groups is 2. The van der Waals surface area contributed by atoms with Gasteiger partial charge in [0.2, 0.25) is 5.91 Å². The molecule has 41 heavy (non-hydrogen) atoms. The zero-order valence-corrected chi connectivity index (χ0v) is 24.9. The first kappa shape index (κ1) is 30.4. The molecule has 0 bridgehead atoms. The van der Waals surface area contributed by atoms with Gasteiger partial charge < -0.3 is 14.5 Å². The SMILES string of the molecule is CCOC(=O)[C@H]1CCCN(C(=O)CC2CCN(c3ccc(-n4cnn(C(C)c5ccccc5)c4=O)cc3)CC2)C1.S. The Kier molecular flexibility index (Phi) is 10.3. The number of hydrogen-bond donors (Lipinski definition) is 0. The molecule has 3 aromatic rings. The van der Waals surface area contributed by atoms with Crippen LogP contribution in [0, 0.1) is 11.8 Å². The number of ether oxygens (including phenoxy) is 1. The van der Waals surface area contributed by atoms with Crippen molar-refractivity contribution in [3.63, 3.8) is 0 Å². The molecule has 1 unspecified atom stereocenters. The topological polar surface area (TPSA) is 89.7 Å². The molecule has 0 radical (unpaired) electrons. The number of esters is 1. The molecule has 0 N–H and O–H groups in total. The van der Waals surface area contributed by atoms with E-state index < -0.39 is 0 Å². The fourth-order valence-corrected chi connectivity index (χ4v) is 5.88. The van der Waals surface area contributed by atoms with Crippen molar-refractivity contribution in [1.29, 1.82) is 0 Å². The summed E-state index contributed by atoms with van der Waals surface area (Å²) in [6.07, 6.45) is 5.66. The number of piperidine rings is 2. The van der Waals surface area contributed by atoms with Crippen LogP contribution in [0.1, 0.15) is 57.6 Å². The molecule has 2 saturated heterocycles. The summed E-state index contributed by atoms with van der Waals surface area (Å²) in [4.78, 5) is 42.4. The van der Waals surface area contributed by atoms with E-state index in [1.54, 1.807) is 10.9 Å². The predicted molar refractivity (Wildman–Crippen MR) is 164 cm³/mol. The lowest BCUT2D eigenvalue weighted by Gasteiger charge is -2.36. The van der Waals surface area contributed by atoms with Crippen molar-refractivity contribution < 1.29 is 14.3 Å². The number of likely N-dealkylation sites (tertiary alicyclic amines) is 1. The number of hydrogen-bond acceptors (Lipinski definition) is 6. The Morgan fingerprint density at radius 3 is 2.34 bits per heavy atom. The number of rotatable bonds is 8. The van der Waals surface area contributed by atoms with E-state index in [2.05, 4.69) is 22.1 Å². The molecule has 10 heteroatoms. The van der Waals surface area contributed by atoms with Crippen LogP contribution < -0.4 is 10.6 Å². The molecule has 0 spiro atoms. The Bertz CT molecular complexity index is 1350. The van der Waals surface area contributed by atoms with Crippen molar-refractivity contribution in [3.05, 3.63) is 77.0 Å². The summed E-state index contributed by atoms with van der Waals surface area (Å²) in [6.45, 7) is 7.14. The van der Waals surface area contributed by atoms with Crippen LogP contribution in [-0.4, -0.2) is 63.9 Å². The standard InChI is InChI=1S/C31H39N5O4.H2S/c1-3-40-30(38)26-10-7-17-34(21-26)29(37)20-24-15-18-33(19-16-24)27-11-13-28(14-12-27)35-22-32-36(31(35)39)23(2)25-8-5-4-6-9-25;/h4-6,8-9,11-14,22-24,26H,3,7,10,15-21H2,1-2H3;1H2/t23?,26-;/m0./s1. The van der Waals surface area contributed by atoms with Gasteiger partial charge in [-0.25, -0.2) is 14.0 Å². The van der Waals surface area contributed by atoms with E-state index in [1.165, 1.54) is 4.68 Å². The highest BCUT2D eigenvalue weighted by Gasteiger charge is 2.31. The molecule has 0 saturated carbocycles. The van der Waals surface area contributed by atoms with Crippen LogP contribution in [0.2, 0.25) is 0 Å². The molecular formula is C31H41N5O4S. The van der Waals surface area contributed by atoms with Gasteiger partial charge in [-0.2, -0.15) is 18.6 Å². The van der Waals surface area contributed by atoms with Crippen molar-refractivity contribution in [2.45, 2.75) is 52.0 Å². The van der Waals surface area contributed by atoms with Gasteiger partial charge in [-0.1, -0.05) is 30.3 Å². The van der Waals surface area contributed by atoms with Crippen LogP contribution in [0.15, 0.2) is 65.7 Å². The molecule has 2 aliphatic heterocycles. The lowest BCUT2D eigenvalue weighted by atomic mass is 9.91. The van der Waals surface area contributed by atoms with Gasteiger partial charge in [0.25, 0.3) is 0 Å². The number of nitrogens with zero attached hydrogens (tertiary/aromatic N) is 5. The van der Waals surface area contributed by atoms with Crippen molar-refractivity contribution in [1.82, 2.24) is 19.2 Å². The Labute approximate surface area is 248 Å². The van der Waals surface area contributed by atoms with Gasteiger partial charge in [-0.15, -0.1) is 0 Å². The summed E-state index contributed by atoms with van der Waals surface area (Å²) in [5.74, 6) is 0.131. The third-order valence-electron chi connectivity index (χ3n) is 8.31. The molecule has 2 atom stereocenters. The van der Waals surface area contributed by atoms with Crippen LogP contribution in [0.5, 0.6) is 0 Å². The smallest absolute Gasteiger partial charge is 0.350 e. The molecule has 3 heterocycles. The average molecular weight is 580 g/mol. The molecule has 5 rings (SSSR count). The van der Waals surface area contributed by atoms with E-state index >= 15 is 0 Å². The van der Waals surface area contributed by atoms with Gasteiger partial charge in [0.1, 0.15) is 6.33 Å². The predicted octanol–water partition coefficient (Wildman–Crippen LogP) is 4.16. The molecule has 1 amide bonds. The van der Waals surface area contributed by atoms with Gasteiger partial charge in [-0.05, 0) is 75.3 Å². The Morgan fingerprint density at radius 1 is 0.976 bits per heavy atom. The van der Waals surface area contributed by atoms with Gasteiger partial charge in [-0.3, -0.25) is 9.59 Å². The minimum atomic E-state index is -0.195. The van der Waals surface area contributed by atoms with E-state index in [0.29, 0.717) is 25.5 Å². The Hall–Kier alpha value is -3.53. The molecule has 0 aliphatic carbocycles. The second-order valence-corrected chi connectivity index (χ2v) is 10.9. The zero-order valence-electron chi connectivity index (χ0n) is 23.9. The summed E-state index contributed by atoms with van der Waals surface area (Å²) >= 11 is 0. The van der Waals surface area contributed by atoms with Crippen molar-refractivity contribution in [2.75, 3.05) is 37.7 Å². The van der Waals surface area contributed by atoms with Crippen LogP contribution in [0.25, 0.3) is 5.69 Å². The minimum absolute atomic E-state index is 0. The summed E-state index contributed by atoms with van der Waals surface area (Å²) in [5.41, 5.74) is 2.76. The molecule has 220 valence electrons. The van der Waals surface area contributed by atoms with Gasteiger partial charge in [0, 0.05) is 38.3 Å². The average Bonchev–Trinajstić information content (AvgIpc) is 3.39. The van der Waals surface area contributed by atoms with Crippen LogP contribution in [0.3, 0.4) is 0 Å². The fraction of sp³-hybridized carbons (Fsp3) is 0.484. The van der Waals surface area contributed by atoms with Crippen LogP contribution >= 0.6 is 13.5 Å². The Morgan fingerprint density at radius 2 is 1.66 bits per heavy atom. The number of aromatic nitrogens is 3. The van der Waals surface area contributed by atoms with Crippen LogP contribution in [0.4, 0.5) is 5.69 Å². The molecular weight excluding hydrogens is 538 g/mol. The van der Waals surface area contributed by atoms with Crippen LogP contribution in [-0.2, 0) is 14.3 Å². The van der Waals surface area contributed by atoms with Crippen molar-refractivity contribution in [2.24, 2.45) is 11.8 Å².